The van der Waals surface area contributed by atoms with Gasteiger partial charge in [0.05, 0.1) is 5.69 Å². The Labute approximate surface area is 106 Å². The molecule has 18 heavy (non-hydrogen) atoms. The van der Waals surface area contributed by atoms with Crippen LogP contribution in [0.2, 0.25) is 0 Å². The maximum atomic E-state index is 12.0. The van der Waals surface area contributed by atoms with Gasteiger partial charge >= 0.3 is 6.03 Å². The number of carbonyl (C=O) groups excluding carboxylic acids is 2. The molecule has 5 nitrogen and oxygen atoms in total. The van der Waals surface area contributed by atoms with Crippen LogP contribution >= 0.6 is 0 Å². The Morgan fingerprint density at radius 2 is 2.22 bits per heavy atom. The van der Waals surface area contributed by atoms with Crippen molar-refractivity contribution in [1.29, 1.82) is 0 Å². The Morgan fingerprint density at radius 3 is 2.89 bits per heavy atom. The molecule has 1 aliphatic heterocycles. The highest BCUT2D eigenvalue weighted by Gasteiger charge is 2.32. The third-order valence-electron chi connectivity index (χ3n) is 2.68. The number of urea groups is 1. The van der Waals surface area contributed by atoms with Crippen molar-refractivity contribution in [3.8, 4) is 0 Å². The summed E-state index contributed by atoms with van der Waals surface area (Å²) >= 11 is 0. The van der Waals surface area contributed by atoms with Crippen LogP contribution in [0.15, 0.2) is 30.1 Å². The van der Waals surface area contributed by atoms with Crippen molar-refractivity contribution < 1.29 is 9.59 Å². The second-order valence-corrected chi connectivity index (χ2v) is 4.05. The third kappa shape index (κ3) is 2.56. The van der Waals surface area contributed by atoms with Gasteiger partial charge in [0.15, 0.2) is 0 Å². The lowest BCUT2D eigenvalue weighted by atomic mass is 10.2. The minimum Gasteiger partial charge on any atom is -0.303 e. The van der Waals surface area contributed by atoms with Gasteiger partial charge in [-0.05, 0) is 24.6 Å². The summed E-state index contributed by atoms with van der Waals surface area (Å²) in [5.74, 6) is -0.279. The van der Waals surface area contributed by atoms with E-state index < -0.39 is 0 Å². The summed E-state index contributed by atoms with van der Waals surface area (Å²) in [7, 11) is 0. The molecule has 2 rings (SSSR count). The molecular weight excluding hydrogens is 230 g/mol. The van der Waals surface area contributed by atoms with Gasteiger partial charge in [-0.15, -0.1) is 0 Å². The fourth-order valence-electron chi connectivity index (χ4n) is 1.70. The first-order valence-corrected chi connectivity index (χ1v) is 5.98. The summed E-state index contributed by atoms with van der Waals surface area (Å²) in [6.07, 6.45) is 4.99. The van der Waals surface area contributed by atoms with E-state index in [2.05, 4.69) is 10.3 Å². The topological polar surface area (TPSA) is 62.3 Å². The van der Waals surface area contributed by atoms with Gasteiger partial charge in [0.2, 0.25) is 0 Å². The predicted molar refractivity (Wildman–Crippen MR) is 67.4 cm³/mol. The van der Waals surface area contributed by atoms with Gasteiger partial charge in [0.25, 0.3) is 5.91 Å². The molecule has 1 fully saturated rings. The number of carbonyl (C=O) groups is 2. The maximum Gasteiger partial charge on any atom is 0.329 e. The number of unbranched alkanes of at least 4 members (excludes halogenated alkanes) is 1. The highest BCUT2D eigenvalue weighted by molar-refractivity contribution is 6.13. The average Bonchev–Trinajstić information content (AvgIpc) is 2.64. The number of aromatic nitrogens is 1. The molecule has 0 aromatic carbocycles. The van der Waals surface area contributed by atoms with E-state index in [0.29, 0.717) is 12.2 Å². The molecule has 0 unspecified atom stereocenters. The minimum atomic E-state index is -0.351. The van der Waals surface area contributed by atoms with Crippen LogP contribution in [0.5, 0.6) is 0 Å². The zero-order valence-corrected chi connectivity index (χ0v) is 10.2. The van der Waals surface area contributed by atoms with Gasteiger partial charge in [0.1, 0.15) is 5.70 Å². The quantitative estimate of drug-likeness (QED) is 0.649. The van der Waals surface area contributed by atoms with Crippen LogP contribution < -0.4 is 5.32 Å². The Bertz CT molecular complexity index is 482. The highest BCUT2D eigenvalue weighted by atomic mass is 16.2. The molecule has 1 saturated heterocycles. The Kier molecular flexibility index (Phi) is 3.72. The summed E-state index contributed by atoms with van der Waals surface area (Å²) in [6.45, 7) is 2.48. The average molecular weight is 245 g/mol. The number of rotatable bonds is 4. The number of pyridine rings is 1. The molecule has 0 aliphatic carbocycles. The van der Waals surface area contributed by atoms with E-state index in [1.165, 1.54) is 4.90 Å². The molecule has 1 N–H and O–H groups in total. The Balaban J connectivity index is 2.15. The van der Waals surface area contributed by atoms with Crippen LogP contribution in [0.1, 0.15) is 25.5 Å². The lowest BCUT2D eigenvalue weighted by Gasteiger charge is -2.09. The van der Waals surface area contributed by atoms with Crippen LogP contribution in [0.4, 0.5) is 4.79 Å². The summed E-state index contributed by atoms with van der Waals surface area (Å²) < 4.78 is 0. The maximum absolute atomic E-state index is 12.0. The molecule has 1 aromatic rings. The first-order chi connectivity index (χ1) is 8.72. The van der Waals surface area contributed by atoms with Gasteiger partial charge in [-0.2, -0.15) is 0 Å². The standard InChI is InChI=1S/C13H15N3O2/c1-2-3-8-16-12(17)11(15-13(16)18)9-10-6-4-5-7-14-10/h4-7,9H,2-3,8H2,1H3,(H,15,18)/b11-9+. The summed E-state index contributed by atoms with van der Waals surface area (Å²) in [5, 5.41) is 2.57. The summed E-state index contributed by atoms with van der Waals surface area (Å²) in [5.41, 5.74) is 0.938. The molecule has 2 heterocycles. The SMILES string of the molecule is CCCCN1C(=O)N/C(=C/c2ccccn2)C1=O. The first kappa shape index (κ1) is 12.3. The predicted octanol–water partition coefficient (Wildman–Crippen LogP) is 1.77. The van der Waals surface area contributed by atoms with Crippen molar-refractivity contribution in [2.75, 3.05) is 6.54 Å². The monoisotopic (exact) mass is 245 g/mol. The molecule has 94 valence electrons. The molecule has 1 aromatic heterocycles. The van der Waals surface area contributed by atoms with E-state index in [9.17, 15) is 9.59 Å². The molecular formula is C13H15N3O2. The Morgan fingerprint density at radius 1 is 1.39 bits per heavy atom. The number of hydrogen-bond donors (Lipinski definition) is 1. The molecule has 0 radical (unpaired) electrons. The van der Waals surface area contributed by atoms with Crippen LogP contribution in [0, 0.1) is 0 Å². The van der Waals surface area contributed by atoms with Gasteiger partial charge in [-0.25, -0.2) is 4.79 Å². The van der Waals surface area contributed by atoms with Crippen molar-refractivity contribution >= 4 is 18.0 Å². The second-order valence-electron chi connectivity index (χ2n) is 4.05. The van der Waals surface area contributed by atoms with Crippen molar-refractivity contribution in [2.24, 2.45) is 0 Å². The van der Waals surface area contributed by atoms with Crippen LogP contribution in [0.3, 0.4) is 0 Å². The van der Waals surface area contributed by atoms with E-state index in [1.54, 1.807) is 24.4 Å². The van der Waals surface area contributed by atoms with E-state index in [0.717, 1.165) is 12.8 Å². The molecule has 0 atom stereocenters. The van der Waals surface area contributed by atoms with E-state index in [4.69, 9.17) is 0 Å². The minimum absolute atomic E-state index is 0.279. The molecule has 0 spiro atoms. The number of nitrogens with zero attached hydrogens (tertiary/aromatic N) is 2. The van der Waals surface area contributed by atoms with E-state index in [1.807, 2.05) is 13.0 Å². The van der Waals surface area contributed by atoms with Crippen LogP contribution in [-0.4, -0.2) is 28.4 Å². The normalized spacial score (nSPS) is 17.4. The number of hydrogen-bond acceptors (Lipinski definition) is 3. The largest absolute Gasteiger partial charge is 0.329 e. The van der Waals surface area contributed by atoms with Gasteiger partial charge in [0, 0.05) is 12.7 Å². The fourth-order valence-corrected chi connectivity index (χ4v) is 1.70. The summed E-state index contributed by atoms with van der Waals surface area (Å²) in [6, 6.07) is 5.05. The third-order valence-corrected chi connectivity index (χ3v) is 2.68. The highest BCUT2D eigenvalue weighted by Crippen LogP contribution is 2.13. The molecule has 5 heteroatoms. The van der Waals surface area contributed by atoms with E-state index >= 15 is 0 Å². The van der Waals surface area contributed by atoms with Gasteiger partial charge in [-0.1, -0.05) is 19.4 Å². The molecule has 0 bridgehead atoms. The van der Waals surface area contributed by atoms with Crippen LogP contribution in [0.25, 0.3) is 6.08 Å². The lowest BCUT2D eigenvalue weighted by molar-refractivity contribution is -0.122. The van der Waals surface area contributed by atoms with Crippen molar-refractivity contribution in [3.05, 3.63) is 35.8 Å². The van der Waals surface area contributed by atoms with Gasteiger partial charge in [-0.3, -0.25) is 14.7 Å². The van der Waals surface area contributed by atoms with Crippen molar-refractivity contribution in [3.63, 3.8) is 0 Å². The van der Waals surface area contributed by atoms with E-state index in [-0.39, 0.29) is 17.6 Å². The smallest absolute Gasteiger partial charge is 0.303 e. The van der Waals surface area contributed by atoms with Gasteiger partial charge < -0.3 is 5.32 Å². The molecule has 1 aliphatic rings. The number of imide groups is 1. The Hall–Kier alpha value is -2.17. The first-order valence-electron chi connectivity index (χ1n) is 5.98. The van der Waals surface area contributed by atoms with Crippen molar-refractivity contribution in [1.82, 2.24) is 15.2 Å². The number of amides is 3. The lowest BCUT2D eigenvalue weighted by Crippen LogP contribution is -2.31. The second kappa shape index (κ2) is 5.44. The zero-order chi connectivity index (χ0) is 13.0. The summed E-state index contributed by atoms with van der Waals surface area (Å²) in [4.78, 5) is 28.9. The molecule has 0 saturated carbocycles. The zero-order valence-electron chi connectivity index (χ0n) is 10.2. The fraction of sp³-hybridized carbons (Fsp3) is 0.308. The molecule has 3 amide bonds. The van der Waals surface area contributed by atoms with Crippen LogP contribution in [-0.2, 0) is 4.79 Å². The van der Waals surface area contributed by atoms with Crippen molar-refractivity contribution in [2.45, 2.75) is 19.8 Å². The number of nitrogens with one attached hydrogen (secondary N) is 1.